The highest BCUT2D eigenvalue weighted by atomic mass is 28.2. The van der Waals surface area contributed by atoms with Gasteiger partial charge in [0.15, 0.2) is 9.52 Å². The van der Waals surface area contributed by atoms with Gasteiger partial charge in [0.1, 0.15) is 5.91 Å². The number of hydrogen-bond acceptors (Lipinski definition) is 4. The summed E-state index contributed by atoms with van der Waals surface area (Å²) in [7, 11) is 0.155. The van der Waals surface area contributed by atoms with Gasteiger partial charge in [-0.15, -0.1) is 0 Å². The number of nitrogens with one attached hydrogen (secondary N) is 1. The maximum absolute atomic E-state index is 13.2. The van der Waals surface area contributed by atoms with Gasteiger partial charge in [0.2, 0.25) is 0 Å². The highest BCUT2D eigenvalue weighted by Gasteiger charge is 2.27. The van der Waals surface area contributed by atoms with Gasteiger partial charge in [0.25, 0.3) is 5.91 Å². The number of aromatic nitrogens is 1. The summed E-state index contributed by atoms with van der Waals surface area (Å²) in [6.45, 7) is 12.0. The molecule has 2 radical (unpaired) electrons. The summed E-state index contributed by atoms with van der Waals surface area (Å²) >= 11 is 0. The molecule has 0 aliphatic heterocycles. The van der Waals surface area contributed by atoms with Gasteiger partial charge < -0.3 is 14.8 Å². The number of anilines is 1. The Hall–Kier alpha value is -2.54. The van der Waals surface area contributed by atoms with Gasteiger partial charge in [-0.25, -0.2) is 0 Å². The normalized spacial score (nSPS) is 12.4. The zero-order chi connectivity index (χ0) is 22.6. The van der Waals surface area contributed by atoms with Crippen molar-refractivity contribution >= 4 is 37.2 Å². The monoisotopic (exact) mass is 434 g/mol. The van der Waals surface area contributed by atoms with Crippen molar-refractivity contribution in [3.63, 3.8) is 0 Å². The lowest BCUT2D eigenvalue weighted by atomic mass is 10.1. The van der Waals surface area contributed by atoms with Crippen molar-refractivity contribution < 1.29 is 14.3 Å². The summed E-state index contributed by atoms with van der Waals surface area (Å²) in [5, 5.41) is 4.91. The molecular weight excluding hydrogens is 404 g/mol. The van der Waals surface area contributed by atoms with E-state index in [1.165, 1.54) is 0 Å². The Morgan fingerprint density at radius 2 is 1.55 bits per heavy atom. The average molecular weight is 435 g/mol. The predicted molar refractivity (Wildman–Crippen MR) is 127 cm³/mol. The third kappa shape index (κ3) is 6.72. The first-order valence-corrected chi connectivity index (χ1v) is 11.5. The van der Waals surface area contributed by atoms with E-state index < -0.39 is 5.91 Å². The highest BCUT2D eigenvalue weighted by molar-refractivity contribution is 6.56. The van der Waals surface area contributed by atoms with Crippen LogP contribution in [-0.2, 0) is 9.47 Å². The number of carbonyl (C=O) groups excluding carboxylic acids is 1. The van der Waals surface area contributed by atoms with Gasteiger partial charge >= 0.3 is 0 Å². The number of nitrogens with zero attached hydrogens (tertiary/aromatic N) is 1. The van der Waals surface area contributed by atoms with Crippen molar-refractivity contribution in [1.82, 2.24) is 4.98 Å². The standard InChI is InChI=1S/C25H30N2O3Si/c1-24(2,3)29-23(30-25(4,5)6)31-20-15-8-7-13-18(20)22(28)27-19-14-9-11-17-12-10-16-26-21(17)19/h7-16,23H,1-6H3,(H,27,28). The molecule has 0 aliphatic carbocycles. The van der Waals surface area contributed by atoms with E-state index in [4.69, 9.17) is 9.47 Å². The minimum atomic E-state index is -0.451. The van der Waals surface area contributed by atoms with Crippen LogP contribution in [0.5, 0.6) is 0 Å². The van der Waals surface area contributed by atoms with E-state index >= 15 is 0 Å². The van der Waals surface area contributed by atoms with Crippen LogP contribution in [0.4, 0.5) is 5.69 Å². The molecule has 0 saturated heterocycles. The smallest absolute Gasteiger partial charge is 0.255 e. The van der Waals surface area contributed by atoms with E-state index in [1.807, 2.05) is 96.1 Å². The molecule has 5 nitrogen and oxygen atoms in total. The Balaban J connectivity index is 1.87. The van der Waals surface area contributed by atoms with Crippen molar-refractivity contribution in [3.05, 3.63) is 66.4 Å². The highest BCUT2D eigenvalue weighted by Crippen LogP contribution is 2.21. The van der Waals surface area contributed by atoms with Crippen LogP contribution in [0.25, 0.3) is 10.9 Å². The Labute approximate surface area is 187 Å². The van der Waals surface area contributed by atoms with Gasteiger partial charge in [-0.1, -0.05) is 36.4 Å². The summed E-state index contributed by atoms with van der Waals surface area (Å²) in [6, 6.07) is 17.2. The summed E-state index contributed by atoms with van der Waals surface area (Å²) < 4.78 is 12.4. The van der Waals surface area contributed by atoms with Crippen molar-refractivity contribution in [1.29, 1.82) is 0 Å². The summed E-state index contributed by atoms with van der Waals surface area (Å²) in [5.74, 6) is -0.625. The topological polar surface area (TPSA) is 60.5 Å². The third-order valence-corrected chi connectivity index (χ3v) is 5.47. The molecule has 0 unspecified atom stereocenters. The lowest BCUT2D eigenvalue weighted by molar-refractivity contribution is -0.192. The van der Waals surface area contributed by atoms with E-state index in [1.54, 1.807) is 6.20 Å². The fourth-order valence-electron chi connectivity index (χ4n) is 3.05. The van der Waals surface area contributed by atoms with Gasteiger partial charge in [-0.05, 0) is 64.9 Å². The van der Waals surface area contributed by atoms with E-state index in [0.29, 0.717) is 11.3 Å². The summed E-state index contributed by atoms with van der Waals surface area (Å²) in [4.78, 5) is 17.6. The number of ether oxygens (including phenoxy) is 2. The summed E-state index contributed by atoms with van der Waals surface area (Å²) in [5.41, 5.74) is 1.33. The van der Waals surface area contributed by atoms with Crippen LogP contribution < -0.4 is 10.5 Å². The first-order chi connectivity index (χ1) is 14.5. The molecule has 2 aromatic carbocycles. The first kappa shape index (κ1) is 23.1. The van der Waals surface area contributed by atoms with Crippen LogP contribution in [0, 0.1) is 0 Å². The summed E-state index contributed by atoms with van der Waals surface area (Å²) in [6.07, 6.45) is 1.73. The van der Waals surface area contributed by atoms with Crippen molar-refractivity contribution in [2.75, 3.05) is 5.32 Å². The SMILES string of the molecule is CC(C)(C)OC(OC(C)(C)C)[Si]c1ccccc1C(=O)Nc1cccc2cccnc12. The van der Waals surface area contributed by atoms with E-state index in [-0.39, 0.29) is 26.6 Å². The fourth-order valence-corrected chi connectivity index (χ4v) is 4.68. The molecule has 6 heteroatoms. The Morgan fingerprint density at radius 3 is 2.23 bits per heavy atom. The van der Waals surface area contributed by atoms with E-state index in [9.17, 15) is 4.79 Å². The van der Waals surface area contributed by atoms with Crippen LogP contribution in [0.2, 0.25) is 0 Å². The van der Waals surface area contributed by atoms with E-state index in [0.717, 1.165) is 16.1 Å². The maximum atomic E-state index is 13.2. The number of carbonyl (C=O) groups is 1. The molecule has 0 spiro atoms. The predicted octanol–water partition coefficient (Wildman–Crippen LogP) is 4.73. The van der Waals surface area contributed by atoms with Gasteiger partial charge in [-0.2, -0.15) is 0 Å². The van der Waals surface area contributed by atoms with Crippen LogP contribution in [0.3, 0.4) is 0 Å². The molecule has 1 heterocycles. The molecule has 0 fully saturated rings. The maximum Gasteiger partial charge on any atom is 0.255 e. The number of para-hydroxylation sites is 1. The molecule has 31 heavy (non-hydrogen) atoms. The molecule has 3 rings (SSSR count). The molecule has 0 atom stereocenters. The van der Waals surface area contributed by atoms with Crippen molar-refractivity contribution in [2.24, 2.45) is 0 Å². The number of benzene rings is 2. The molecule has 1 aromatic heterocycles. The third-order valence-electron chi connectivity index (χ3n) is 4.25. The lowest BCUT2D eigenvalue weighted by Crippen LogP contribution is -2.44. The van der Waals surface area contributed by atoms with Crippen LogP contribution in [0.1, 0.15) is 51.9 Å². The second-order valence-electron chi connectivity index (χ2n) is 9.32. The zero-order valence-corrected chi connectivity index (χ0v) is 20.0. The zero-order valence-electron chi connectivity index (χ0n) is 19.0. The Bertz CT molecular complexity index is 1030. The number of fused-ring (bicyclic) bond motifs is 1. The Morgan fingerprint density at radius 1 is 0.903 bits per heavy atom. The molecule has 0 saturated carbocycles. The lowest BCUT2D eigenvalue weighted by Gasteiger charge is -2.32. The van der Waals surface area contributed by atoms with E-state index in [2.05, 4.69) is 10.3 Å². The van der Waals surface area contributed by atoms with Crippen LogP contribution >= 0.6 is 0 Å². The molecule has 3 aromatic rings. The number of hydrogen-bond donors (Lipinski definition) is 1. The fraction of sp³-hybridized carbons (Fsp3) is 0.360. The van der Waals surface area contributed by atoms with Gasteiger partial charge in [-0.3, -0.25) is 9.78 Å². The van der Waals surface area contributed by atoms with Crippen molar-refractivity contribution in [2.45, 2.75) is 58.7 Å². The number of pyridine rings is 1. The molecule has 0 bridgehead atoms. The average Bonchev–Trinajstić information content (AvgIpc) is 2.66. The van der Waals surface area contributed by atoms with Crippen LogP contribution in [0.15, 0.2) is 60.8 Å². The molecular formula is C25H30N2O3Si. The molecule has 162 valence electrons. The minimum Gasteiger partial charge on any atom is -0.351 e. The Kier molecular flexibility index (Phi) is 6.94. The molecule has 1 amide bonds. The van der Waals surface area contributed by atoms with Gasteiger partial charge in [0.05, 0.1) is 22.4 Å². The quantitative estimate of drug-likeness (QED) is 0.450. The number of amides is 1. The number of rotatable bonds is 6. The van der Waals surface area contributed by atoms with Crippen LogP contribution in [-0.4, -0.2) is 37.5 Å². The molecule has 0 aliphatic rings. The van der Waals surface area contributed by atoms with Crippen molar-refractivity contribution in [3.8, 4) is 0 Å². The minimum absolute atomic E-state index is 0.155. The first-order valence-electron chi connectivity index (χ1n) is 10.4. The van der Waals surface area contributed by atoms with Gasteiger partial charge in [0, 0.05) is 17.1 Å². The molecule has 1 N–H and O–H groups in total. The second-order valence-corrected chi connectivity index (χ2v) is 10.6. The second kappa shape index (κ2) is 9.30. The largest absolute Gasteiger partial charge is 0.351 e.